The predicted molar refractivity (Wildman–Crippen MR) is 60.9 cm³/mol. The van der Waals surface area contributed by atoms with Gasteiger partial charge in [0, 0.05) is 30.4 Å². The SMILES string of the molecule is c1cnn(Cc2nc(-c3ccncc3)n[nH]2)c1. The van der Waals surface area contributed by atoms with E-state index in [1.54, 1.807) is 23.3 Å². The summed E-state index contributed by atoms with van der Waals surface area (Å²) in [5, 5.41) is 11.2. The van der Waals surface area contributed by atoms with Gasteiger partial charge in [-0.1, -0.05) is 0 Å². The van der Waals surface area contributed by atoms with Gasteiger partial charge < -0.3 is 0 Å². The lowest BCUT2D eigenvalue weighted by molar-refractivity contribution is 0.657. The zero-order valence-electron chi connectivity index (χ0n) is 8.98. The average molecular weight is 226 g/mol. The molecule has 6 nitrogen and oxygen atoms in total. The van der Waals surface area contributed by atoms with Crippen molar-refractivity contribution in [3.63, 3.8) is 0 Å². The van der Waals surface area contributed by atoms with Crippen molar-refractivity contribution < 1.29 is 0 Å². The number of nitrogens with zero attached hydrogens (tertiary/aromatic N) is 5. The van der Waals surface area contributed by atoms with Crippen LogP contribution in [0.3, 0.4) is 0 Å². The highest BCUT2D eigenvalue weighted by molar-refractivity contribution is 5.52. The fourth-order valence-electron chi connectivity index (χ4n) is 1.54. The number of pyridine rings is 1. The molecule has 3 rings (SSSR count). The fourth-order valence-corrected chi connectivity index (χ4v) is 1.54. The number of hydrogen-bond acceptors (Lipinski definition) is 4. The lowest BCUT2D eigenvalue weighted by Crippen LogP contribution is -2.01. The summed E-state index contributed by atoms with van der Waals surface area (Å²) in [5.74, 6) is 1.45. The van der Waals surface area contributed by atoms with Crippen molar-refractivity contribution in [1.82, 2.24) is 29.9 Å². The molecule has 1 N–H and O–H groups in total. The Labute approximate surface area is 97.4 Å². The average Bonchev–Trinajstić information content (AvgIpc) is 3.02. The van der Waals surface area contributed by atoms with E-state index in [0.717, 1.165) is 11.4 Å². The zero-order chi connectivity index (χ0) is 11.5. The molecule has 0 amide bonds. The molecule has 0 aromatic carbocycles. The molecule has 3 aromatic rings. The molecule has 0 aliphatic heterocycles. The summed E-state index contributed by atoms with van der Waals surface area (Å²) in [6.07, 6.45) is 7.06. The first-order valence-corrected chi connectivity index (χ1v) is 5.21. The normalized spacial score (nSPS) is 10.6. The Kier molecular flexibility index (Phi) is 2.38. The Morgan fingerprint density at radius 1 is 1.18 bits per heavy atom. The van der Waals surface area contributed by atoms with Crippen molar-refractivity contribution in [1.29, 1.82) is 0 Å². The highest BCUT2D eigenvalue weighted by Crippen LogP contribution is 2.12. The minimum Gasteiger partial charge on any atom is -0.265 e. The lowest BCUT2D eigenvalue weighted by Gasteiger charge is -1.95. The van der Waals surface area contributed by atoms with Gasteiger partial charge in [-0.25, -0.2) is 4.98 Å². The van der Waals surface area contributed by atoms with Crippen molar-refractivity contribution >= 4 is 0 Å². The zero-order valence-corrected chi connectivity index (χ0v) is 8.98. The Morgan fingerprint density at radius 2 is 2.06 bits per heavy atom. The Bertz CT molecular complexity index is 583. The largest absolute Gasteiger partial charge is 0.265 e. The van der Waals surface area contributed by atoms with Crippen LogP contribution in [0.1, 0.15) is 5.82 Å². The van der Waals surface area contributed by atoms with Crippen LogP contribution >= 0.6 is 0 Å². The smallest absolute Gasteiger partial charge is 0.181 e. The highest BCUT2D eigenvalue weighted by atomic mass is 15.3. The van der Waals surface area contributed by atoms with Gasteiger partial charge in [0.05, 0.1) is 0 Å². The Hall–Kier alpha value is -2.50. The summed E-state index contributed by atoms with van der Waals surface area (Å²) in [7, 11) is 0. The molecule has 0 radical (unpaired) electrons. The molecule has 0 aliphatic carbocycles. The van der Waals surface area contributed by atoms with Gasteiger partial charge in [0.15, 0.2) is 5.82 Å². The molecule has 0 saturated heterocycles. The number of hydrogen-bond donors (Lipinski definition) is 1. The first-order valence-electron chi connectivity index (χ1n) is 5.21. The standard InChI is InChI=1S/C11H10N6/c1-4-13-17(7-1)8-10-14-11(16-15-10)9-2-5-12-6-3-9/h1-7H,8H2,(H,14,15,16). The number of rotatable bonds is 3. The maximum absolute atomic E-state index is 4.40. The van der Waals surface area contributed by atoms with E-state index in [2.05, 4.69) is 25.3 Å². The maximum Gasteiger partial charge on any atom is 0.181 e. The van der Waals surface area contributed by atoms with Gasteiger partial charge in [-0.05, 0) is 18.2 Å². The fraction of sp³-hybridized carbons (Fsp3) is 0.0909. The van der Waals surface area contributed by atoms with Gasteiger partial charge >= 0.3 is 0 Å². The summed E-state index contributed by atoms with van der Waals surface area (Å²) in [6.45, 7) is 0.588. The van der Waals surface area contributed by atoms with Crippen molar-refractivity contribution in [3.05, 3.63) is 48.8 Å². The van der Waals surface area contributed by atoms with Crippen LogP contribution in [0.5, 0.6) is 0 Å². The van der Waals surface area contributed by atoms with E-state index >= 15 is 0 Å². The van der Waals surface area contributed by atoms with E-state index in [4.69, 9.17) is 0 Å². The van der Waals surface area contributed by atoms with Crippen molar-refractivity contribution in [3.8, 4) is 11.4 Å². The van der Waals surface area contributed by atoms with Crippen LogP contribution < -0.4 is 0 Å². The van der Waals surface area contributed by atoms with Gasteiger partial charge in [0.2, 0.25) is 0 Å². The number of nitrogens with one attached hydrogen (secondary N) is 1. The van der Waals surface area contributed by atoms with E-state index in [1.807, 2.05) is 24.4 Å². The summed E-state index contributed by atoms with van der Waals surface area (Å²) < 4.78 is 1.79. The van der Waals surface area contributed by atoms with Crippen molar-refractivity contribution in [2.45, 2.75) is 6.54 Å². The molecule has 0 spiro atoms. The van der Waals surface area contributed by atoms with Crippen LogP contribution in [0.4, 0.5) is 0 Å². The molecule has 3 aromatic heterocycles. The number of aromatic amines is 1. The number of aromatic nitrogens is 6. The molecule has 0 saturated carbocycles. The quantitative estimate of drug-likeness (QED) is 0.726. The van der Waals surface area contributed by atoms with E-state index in [9.17, 15) is 0 Å². The minimum absolute atomic E-state index is 0.588. The van der Waals surface area contributed by atoms with Crippen LogP contribution in [-0.4, -0.2) is 29.9 Å². The van der Waals surface area contributed by atoms with Crippen LogP contribution in [0.2, 0.25) is 0 Å². The second-order valence-electron chi connectivity index (χ2n) is 3.55. The van der Waals surface area contributed by atoms with Gasteiger partial charge in [-0.3, -0.25) is 14.8 Å². The Morgan fingerprint density at radius 3 is 2.82 bits per heavy atom. The van der Waals surface area contributed by atoms with E-state index in [1.165, 1.54) is 0 Å². The first kappa shape index (κ1) is 9.71. The number of H-pyrrole nitrogens is 1. The molecule has 0 unspecified atom stereocenters. The van der Waals surface area contributed by atoms with Gasteiger partial charge in [0.25, 0.3) is 0 Å². The molecular weight excluding hydrogens is 216 g/mol. The van der Waals surface area contributed by atoms with E-state index in [-0.39, 0.29) is 0 Å². The van der Waals surface area contributed by atoms with E-state index in [0.29, 0.717) is 12.4 Å². The summed E-state index contributed by atoms with van der Waals surface area (Å²) in [4.78, 5) is 8.36. The van der Waals surface area contributed by atoms with E-state index < -0.39 is 0 Å². The summed E-state index contributed by atoms with van der Waals surface area (Å²) in [5.41, 5.74) is 0.947. The Balaban J connectivity index is 1.84. The molecule has 17 heavy (non-hydrogen) atoms. The monoisotopic (exact) mass is 226 g/mol. The third kappa shape index (κ3) is 2.05. The van der Waals surface area contributed by atoms with Gasteiger partial charge in [0.1, 0.15) is 12.4 Å². The second-order valence-corrected chi connectivity index (χ2v) is 3.55. The first-order chi connectivity index (χ1) is 8.42. The highest BCUT2D eigenvalue weighted by Gasteiger charge is 2.05. The van der Waals surface area contributed by atoms with Crippen molar-refractivity contribution in [2.75, 3.05) is 0 Å². The van der Waals surface area contributed by atoms with Crippen LogP contribution in [-0.2, 0) is 6.54 Å². The predicted octanol–water partition coefficient (Wildman–Crippen LogP) is 1.11. The topological polar surface area (TPSA) is 72.3 Å². The molecule has 0 fully saturated rings. The molecule has 0 bridgehead atoms. The molecule has 0 aliphatic rings. The van der Waals surface area contributed by atoms with Crippen LogP contribution in [0.15, 0.2) is 43.0 Å². The van der Waals surface area contributed by atoms with Gasteiger partial charge in [-0.15, -0.1) is 0 Å². The lowest BCUT2D eigenvalue weighted by atomic mass is 10.2. The molecule has 3 heterocycles. The second kappa shape index (κ2) is 4.17. The summed E-state index contributed by atoms with van der Waals surface area (Å²) >= 11 is 0. The molecule has 6 heteroatoms. The third-order valence-electron chi connectivity index (χ3n) is 2.34. The van der Waals surface area contributed by atoms with Crippen LogP contribution in [0.25, 0.3) is 11.4 Å². The molecule has 84 valence electrons. The van der Waals surface area contributed by atoms with Crippen LogP contribution in [0, 0.1) is 0 Å². The molecular formula is C11H10N6. The molecule has 0 atom stereocenters. The maximum atomic E-state index is 4.40. The van der Waals surface area contributed by atoms with Gasteiger partial charge in [-0.2, -0.15) is 10.2 Å². The third-order valence-corrected chi connectivity index (χ3v) is 2.34. The minimum atomic E-state index is 0.588. The summed E-state index contributed by atoms with van der Waals surface area (Å²) in [6, 6.07) is 5.63. The van der Waals surface area contributed by atoms with Crippen molar-refractivity contribution in [2.24, 2.45) is 0 Å².